The fraction of sp³-hybridized carbons (Fsp3) is 0.0526. The fourth-order valence-corrected chi connectivity index (χ4v) is 2.94. The summed E-state index contributed by atoms with van der Waals surface area (Å²) in [6, 6.07) is 10.3. The normalized spacial score (nSPS) is 12.6. The van der Waals surface area contributed by atoms with Gasteiger partial charge in [0.1, 0.15) is 12.4 Å². The molecule has 2 aromatic carbocycles. The molecule has 0 atom stereocenters. The molecule has 0 saturated heterocycles. The van der Waals surface area contributed by atoms with Gasteiger partial charge in [0.15, 0.2) is 11.6 Å². The third-order valence-corrected chi connectivity index (χ3v) is 4.75. The third-order valence-electron chi connectivity index (χ3n) is 4.02. The quantitative estimate of drug-likeness (QED) is 0.547. The van der Waals surface area contributed by atoms with E-state index in [2.05, 4.69) is 20.6 Å². The highest BCUT2D eigenvalue weighted by Crippen LogP contribution is 2.31. The molecule has 1 aliphatic rings. The lowest BCUT2D eigenvalue weighted by atomic mass is 10.1. The smallest absolute Gasteiger partial charge is 0.229 e. The van der Waals surface area contributed by atoms with Crippen LogP contribution in [0.25, 0.3) is 5.70 Å². The lowest BCUT2D eigenvalue weighted by molar-refractivity contribution is 0.357. The molecule has 142 valence electrons. The minimum Gasteiger partial charge on any atom is -0.489 e. The minimum atomic E-state index is -0.600. The summed E-state index contributed by atoms with van der Waals surface area (Å²) in [7, 11) is 0. The molecular weight excluding hydrogens is 404 g/mol. The van der Waals surface area contributed by atoms with Crippen LogP contribution in [0.2, 0.25) is 10.0 Å². The van der Waals surface area contributed by atoms with Crippen molar-refractivity contribution in [2.24, 2.45) is 5.73 Å². The van der Waals surface area contributed by atoms with Gasteiger partial charge in [-0.15, -0.1) is 0 Å². The maximum absolute atomic E-state index is 14.2. The molecule has 0 bridgehead atoms. The first kappa shape index (κ1) is 18.3. The van der Waals surface area contributed by atoms with E-state index in [0.29, 0.717) is 39.5 Å². The van der Waals surface area contributed by atoms with Gasteiger partial charge in [-0.05, 0) is 42.5 Å². The van der Waals surface area contributed by atoms with Crippen molar-refractivity contribution in [1.29, 1.82) is 0 Å². The van der Waals surface area contributed by atoms with E-state index in [1.54, 1.807) is 42.5 Å². The Morgan fingerprint density at radius 1 is 1.04 bits per heavy atom. The highest BCUT2D eigenvalue weighted by molar-refractivity contribution is 6.42. The molecule has 0 spiro atoms. The zero-order valence-corrected chi connectivity index (χ0v) is 15.9. The number of benzene rings is 2. The Hall–Kier alpha value is -3.03. The molecular formula is C19H14Cl2FN5O. The summed E-state index contributed by atoms with van der Waals surface area (Å²) in [6.45, 7) is 0.426. The monoisotopic (exact) mass is 417 g/mol. The van der Waals surface area contributed by atoms with Crippen LogP contribution in [-0.2, 0) is 0 Å². The van der Waals surface area contributed by atoms with Crippen molar-refractivity contribution in [3.05, 3.63) is 70.1 Å². The summed E-state index contributed by atoms with van der Waals surface area (Å²) in [5, 5.41) is 6.71. The van der Waals surface area contributed by atoms with Crippen molar-refractivity contribution in [3.8, 4) is 5.75 Å². The summed E-state index contributed by atoms with van der Waals surface area (Å²) in [6.07, 6.45) is 2.85. The Kier molecular flexibility index (Phi) is 4.93. The van der Waals surface area contributed by atoms with Crippen molar-refractivity contribution in [1.82, 2.24) is 9.97 Å². The van der Waals surface area contributed by atoms with E-state index in [0.717, 1.165) is 11.8 Å². The van der Waals surface area contributed by atoms with Crippen LogP contribution in [0.15, 0.2) is 48.7 Å². The molecule has 0 amide bonds. The molecule has 0 saturated carbocycles. The van der Waals surface area contributed by atoms with Crippen LogP contribution in [0.3, 0.4) is 0 Å². The molecule has 0 aliphatic carbocycles. The molecule has 3 aromatic rings. The van der Waals surface area contributed by atoms with Crippen LogP contribution in [0, 0.1) is 5.82 Å². The number of hydrogen-bond acceptors (Lipinski definition) is 6. The molecule has 28 heavy (non-hydrogen) atoms. The van der Waals surface area contributed by atoms with E-state index >= 15 is 0 Å². The van der Waals surface area contributed by atoms with Gasteiger partial charge in [-0.1, -0.05) is 23.2 Å². The number of hydrogen-bond donors (Lipinski definition) is 3. The predicted molar refractivity (Wildman–Crippen MR) is 109 cm³/mol. The van der Waals surface area contributed by atoms with Gasteiger partial charge in [0.05, 0.1) is 16.2 Å². The molecule has 0 unspecified atom stereocenters. The lowest BCUT2D eigenvalue weighted by Gasteiger charge is -2.17. The van der Waals surface area contributed by atoms with Crippen molar-refractivity contribution in [3.63, 3.8) is 0 Å². The molecule has 4 rings (SSSR count). The highest BCUT2D eigenvalue weighted by atomic mass is 35.5. The van der Waals surface area contributed by atoms with Crippen LogP contribution in [0.5, 0.6) is 5.75 Å². The SMILES string of the molecule is NC1=CCOc2ccc(Nc3nc(Nc4ccc(Cl)c(Cl)c4)ncc3F)cc21. The molecule has 0 radical (unpaired) electrons. The Morgan fingerprint density at radius 3 is 2.64 bits per heavy atom. The largest absolute Gasteiger partial charge is 0.489 e. The second-order valence-corrected chi connectivity index (χ2v) is 6.76. The van der Waals surface area contributed by atoms with Gasteiger partial charge in [-0.25, -0.2) is 9.37 Å². The van der Waals surface area contributed by atoms with E-state index in [4.69, 9.17) is 33.7 Å². The zero-order chi connectivity index (χ0) is 19.7. The van der Waals surface area contributed by atoms with E-state index in [-0.39, 0.29) is 11.8 Å². The van der Waals surface area contributed by atoms with Gasteiger partial charge in [-0.3, -0.25) is 0 Å². The molecule has 1 aromatic heterocycles. The second-order valence-electron chi connectivity index (χ2n) is 5.95. The van der Waals surface area contributed by atoms with Gasteiger partial charge in [-0.2, -0.15) is 4.98 Å². The Balaban J connectivity index is 1.59. The van der Waals surface area contributed by atoms with Gasteiger partial charge in [0, 0.05) is 22.6 Å². The van der Waals surface area contributed by atoms with Crippen molar-refractivity contribution < 1.29 is 9.13 Å². The Bertz CT molecular complexity index is 1090. The number of halogens is 3. The van der Waals surface area contributed by atoms with E-state index in [9.17, 15) is 4.39 Å². The van der Waals surface area contributed by atoms with Crippen molar-refractivity contribution in [2.75, 3.05) is 17.2 Å². The summed E-state index contributed by atoms with van der Waals surface area (Å²) < 4.78 is 19.7. The number of nitrogens with one attached hydrogen (secondary N) is 2. The van der Waals surface area contributed by atoms with Crippen LogP contribution in [-0.4, -0.2) is 16.6 Å². The number of rotatable bonds is 4. The number of nitrogens with zero attached hydrogens (tertiary/aromatic N) is 2. The predicted octanol–water partition coefficient (Wildman–Crippen LogP) is 5.10. The van der Waals surface area contributed by atoms with Crippen LogP contribution in [0.1, 0.15) is 5.56 Å². The number of fused-ring (bicyclic) bond motifs is 1. The van der Waals surface area contributed by atoms with E-state index in [1.807, 2.05) is 0 Å². The number of anilines is 4. The lowest BCUT2D eigenvalue weighted by Crippen LogP contribution is -2.10. The van der Waals surface area contributed by atoms with Gasteiger partial charge in [0.25, 0.3) is 0 Å². The van der Waals surface area contributed by atoms with Crippen molar-refractivity contribution >= 4 is 52.0 Å². The summed E-state index contributed by atoms with van der Waals surface area (Å²) in [5.41, 5.74) is 8.57. The Labute approximate surface area is 170 Å². The van der Waals surface area contributed by atoms with Crippen LogP contribution in [0.4, 0.5) is 27.5 Å². The minimum absolute atomic E-state index is 0.0109. The summed E-state index contributed by atoms with van der Waals surface area (Å²) in [4.78, 5) is 8.13. The first-order valence-electron chi connectivity index (χ1n) is 8.24. The zero-order valence-electron chi connectivity index (χ0n) is 14.3. The van der Waals surface area contributed by atoms with Gasteiger partial charge >= 0.3 is 0 Å². The van der Waals surface area contributed by atoms with E-state index in [1.165, 1.54) is 0 Å². The molecule has 0 fully saturated rings. The van der Waals surface area contributed by atoms with Crippen LogP contribution >= 0.6 is 23.2 Å². The molecule has 1 aliphatic heterocycles. The Morgan fingerprint density at radius 2 is 1.82 bits per heavy atom. The molecule has 4 N–H and O–H groups in total. The topological polar surface area (TPSA) is 85.1 Å². The number of nitrogens with two attached hydrogens (primary N) is 1. The summed E-state index contributed by atoms with van der Waals surface area (Å²) in [5.74, 6) is 0.285. The van der Waals surface area contributed by atoms with Crippen LogP contribution < -0.4 is 21.1 Å². The highest BCUT2D eigenvalue weighted by Gasteiger charge is 2.14. The first-order valence-corrected chi connectivity index (χ1v) is 9.00. The molecule has 9 heteroatoms. The molecule has 6 nitrogen and oxygen atoms in total. The third kappa shape index (κ3) is 3.81. The average molecular weight is 418 g/mol. The first-order chi connectivity index (χ1) is 13.5. The standard InChI is InChI=1S/C19H14Cl2FN5O/c20-13-3-1-11(8-14(13)21)26-19-24-9-15(22)18(27-19)25-10-2-4-17-12(7-10)16(23)5-6-28-17/h1-5,7-9H,6,23H2,(H2,24,25,26,27). The average Bonchev–Trinajstić information content (AvgIpc) is 2.68. The second kappa shape index (κ2) is 7.53. The molecule has 2 heterocycles. The maximum Gasteiger partial charge on any atom is 0.229 e. The van der Waals surface area contributed by atoms with Gasteiger partial charge < -0.3 is 21.1 Å². The summed E-state index contributed by atoms with van der Waals surface area (Å²) >= 11 is 11.9. The number of ether oxygens (including phenoxy) is 1. The fourth-order valence-electron chi connectivity index (χ4n) is 2.65. The number of aromatic nitrogens is 2. The van der Waals surface area contributed by atoms with E-state index < -0.39 is 5.82 Å². The van der Waals surface area contributed by atoms with Crippen molar-refractivity contribution in [2.45, 2.75) is 0 Å². The van der Waals surface area contributed by atoms with Gasteiger partial charge in [0.2, 0.25) is 5.95 Å². The maximum atomic E-state index is 14.2.